The van der Waals surface area contributed by atoms with E-state index < -0.39 is 11.7 Å². The van der Waals surface area contributed by atoms with E-state index in [0.29, 0.717) is 11.3 Å². The van der Waals surface area contributed by atoms with Crippen LogP contribution in [0.5, 0.6) is 0 Å². The molecule has 0 radical (unpaired) electrons. The minimum Gasteiger partial charge on any atom is -0.366 e. The first-order chi connectivity index (χ1) is 10.5. The first-order valence-corrected chi connectivity index (χ1v) is 7.89. The van der Waals surface area contributed by atoms with E-state index in [1.165, 1.54) is 12.1 Å². The van der Waals surface area contributed by atoms with Gasteiger partial charge in [0.15, 0.2) is 0 Å². The summed E-state index contributed by atoms with van der Waals surface area (Å²) in [4.78, 5) is 23.2. The van der Waals surface area contributed by atoms with Crippen LogP contribution >= 0.6 is 11.8 Å². The lowest BCUT2D eigenvalue weighted by atomic mass is 10.1. The number of thioether (sulfide) groups is 1. The highest BCUT2D eigenvalue weighted by atomic mass is 32.2. The Labute approximate surface area is 131 Å². The Morgan fingerprint density at radius 1 is 1.18 bits per heavy atom. The van der Waals surface area contributed by atoms with Crippen molar-refractivity contribution in [3.8, 4) is 0 Å². The van der Waals surface area contributed by atoms with Gasteiger partial charge in [0, 0.05) is 17.0 Å². The average molecular weight is 318 g/mol. The van der Waals surface area contributed by atoms with Gasteiger partial charge in [-0.1, -0.05) is 12.1 Å². The van der Waals surface area contributed by atoms with Crippen LogP contribution < -0.4 is 11.1 Å². The van der Waals surface area contributed by atoms with Crippen molar-refractivity contribution in [2.75, 3.05) is 11.6 Å². The molecule has 4 nitrogen and oxygen atoms in total. The SMILES string of the molecule is CSCc1ccc(C(=O)Nc2ccc(F)c(C(N)=O)c2)cc1. The molecule has 0 aliphatic carbocycles. The summed E-state index contributed by atoms with van der Waals surface area (Å²) >= 11 is 1.70. The summed E-state index contributed by atoms with van der Waals surface area (Å²) in [5, 5.41) is 2.61. The van der Waals surface area contributed by atoms with Crippen LogP contribution in [0.2, 0.25) is 0 Å². The number of carbonyl (C=O) groups is 2. The number of rotatable bonds is 5. The summed E-state index contributed by atoms with van der Waals surface area (Å²) in [7, 11) is 0. The number of nitrogens with two attached hydrogens (primary N) is 1. The molecular weight excluding hydrogens is 303 g/mol. The highest BCUT2D eigenvalue weighted by molar-refractivity contribution is 7.97. The fourth-order valence-electron chi connectivity index (χ4n) is 1.91. The van der Waals surface area contributed by atoms with E-state index in [0.717, 1.165) is 17.4 Å². The Bertz CT molecular complexity index is 702. The van der Waals surface area contributed by atoms with Crippen LogP contribution in [0.3, 0.4) is 0 Å². The van der Waals surface area contributed by atoms with Crippen molar-refractivity contribution in [2.24, 2.45) is 5.73 Å². The third kappa shape index (κ3) is 3.85. The number of hydrogen-bond donors (Lipinski definition) is 2. The molecule has 0 saturated heterocycles. The van der Waals surface area contributed by atoms with Gasteiger partial charge >= 0.3 is 0 Å². The number of nitrogens with one attached hydrogen (secondary N) is 1. The fraction of sp³-hybridized carbons (Fsp3) is 0.125. The van der Waals surface area contributed by atoms with Gasteiger partial charge < -0.3 is 11.1 Å². The highest BCUT2D eigenvalue weighted by Gasteiger charge is 2.11. The van der Waals surface area contributed by atoms with Gasteiger partial charge in [0.05, 0.1) is 5.56 Å². The van der Waals surface area contributed by atoms with E-state index in [1.807, 2.05) is 18.4 Å². The van der Waals surface area contributed by atoms with Crippen molar-refractivity contribution in [2.45, 2.75) is 5.75 Å². The maximum Gasteiger partial charge on any atom is 0.255 e. The van der Waals surface area contributed by atoms with Gasteiger partial charge in [-0.3, -0.25) is 9.59 Å². The largest absolute Gasteiger partial charge is 0.366 e. The maximum absolute atomic E-state index is 13.4. The number of halogens is 1. The third-order valence-corrected chi connectivity index (χ3v) is 3.64. The van der Waals surface area contributed by atoms with Crippen LogP contribution in [0, 0.1) is 5.82 Å². The Morgan fingerprint density at radius 3 is 2.45 bits per heavy atom. The predicted octanol–water partition coefficient (Wildman–Crippen LogP) is 3.04. The second-order valence-corrected chi connectivity index (χ2v) is 5.51. The number of anilines is 1. The molecule has 0 spiro atoms. The first-order valence-electron chi connectivity index (χ1n) is 6.50. The Kier molecular flexibility index (Phi) is 5.16. The number of amides is 2. The standard InChI is InChI=1S/C16H15FN2O2S/c1-22-9-10-2-4-11(5-3-10)16(21)19-12-6-7-14(17)13(8-12)15(18)20/h2-8H,9H2,1H3,(H2,18,20)(H,19,21). The molecular formula is C16H15FN2O2S. The molecule has 2 amide bonds. The van der Waals surface area contributed by atoms with Crippen molar-refractivity contribution in [1.29, 1.82) is 0 Å². The maximum atomic E-state index is 13.4. The van der Waals surface area contributed by atoms with Gasteiger partial charge in [0.2, 0.25) is 0 Å². The lowest BCUT2D eigenvalue weighted by Gasteiger charge is -2.08. The molecule has 0 saturated carbocycles. The van der Waals surface area contributed by atoms with Gasteiger partial charge in [-0.2, -0.15) is 11.8 Å². The van der Waals surface area contributed by atoms with E-state index in [1.54, 1.807) is 23.9 Å². The zero-order valence-corrected chi connectivity index (χ0v) is 12.7. The normalized spacial score (nSPS) is 10.3. The minimum atomic E-state index is -0.880. The topological polar surface area (TPSA) is 72.2 Å². The molecule has 0 atom stereocenters. The Hall–Kier alpha value is -2.34. The molecule has 3 N–H and O–H groups in total. The molecule has 114 valence electrons. The lowest BCUT2D eigenvalue weighted by Crippen LogP contribution is -2.16. The van der Waals surface area contributed by atoms with E-state index in [4.69, 9.17) is 5.73 Å². The molecule has 0 fully saturated rings. The first kappa shape index (κ1) is 16.0. The number of carbonyl (C=O) groups excluding carboxylic acids is 2. The van der Waals surface area contributed by atoms with Crippen molar-refractivity contribution < 1.29 is 14.0 Å². The van der Waals surface area contributed by atoms with E-state index in [9.17, 15) is 14.0 Å². The summed E-state index contributed by atoms with van der Waals surface area (Å²) in [6, 6.07) is 10.9. The zero-order chi connectivity index (χ0) is 16.1. The van der Waals surface area contributed by atoms with Crippen molar-refractivity contribution >= 4 is 29.3 Å². The average Bonchev–Trinajstić information content (AvgIpc) is 2.50. The zero-order valence-electron chi connectivity index (χ0n) is 11.9. The lowest BCUT2D eigenvalue weighted by molar-refractivity contribution is 0.0992. The van der Waals surface area contributed by atoms with Gasteiger partial charge in [-0.25, -0.2) is 4.39 Å². The van der Waals surface area contributed by atoms with Crippen molar-refractivity contribution in [1.82, 2.24) is 0 Å². The Balaban J connectivity index is 2.14. The minimum absolute atomic E-state index is 0.256. The molecule has 0 unspecified atom stereocenters. The van der Waals surface area contributed by atoms with Gasteiger partial charge in [0.1, 0.15) is 5.82 Å². The van der Waals surface area contributed by atoms with E-state index >= 15 is 0 Å². The number of hydrogen-bond acceptors (Lipinski definition) is 3. The quantitative estimate of drug-likeness (QED) is 0.890. The van der Waals surface area contributed by atoms with Gasteiger partial charge in [0.25, 0.3) is 11.8 Å². The third-order valence-electron chi connectivity index (χ3n) is 3.02. The van der Waals surface area contributed by atoms with Crippen LogP contribution in [0.1, 0.15) is 26.3 Å². The molecule has 6 heteroatoms. The number of primary amides is 1. The smallest absolute Gasteiger partial charge is 0.255 e. The summed E-state index contributed by atoms with van der Waals surface area (Å²) in [5.41, 5.74) is 6.74. The van der Waals surface area contributed by atoms with Gasteiger partial charge in [-0.15, -0.1) is 0 Å². The predicted molar refractivity (Wildman–Crippen MR) is 86.5 cm³/mol. The van der Waals surface area contributed by atoms with E-state index in [2.05, 4.69) is 5.32 Å². The summed E-state index contributed by atoms with van der Waals surface area (Å²) < 4.78 is 13.4. The van der Waals surface area contributed by atoms with Crippen LogP contribution in [0.4, 0.5) is 10.1 Å². The van der Waals surface area contributed by atoms with Crippen LogP contribution in [-0.4, -0.2) is 18.1 Å². The van der Waals surface area contributed by atoms with Gasteiger partial charge in [-0.05, 0) is 42.2 Å². The molecule has 0 aromatic heterocycles. The second kappa shape index (κ2) is 7.09. The fourth-order valence-corrected chi connectivity index (χ4v) is 2.44. The van der Waals surface area contributed by atoms with Crippen LogP contribution in [0.25, 0.3) is 0 Å². The summed E-state index contributed by atoms with van der Waals surface area (Å²) in [5.74, 6) is -1.05. The number of benzene rings is 2. The molecule has 0 heterocycles. The van der Waals surface area contributed by atoms with Crippen molar-refractivity contribution in [3.63, 3.8) is 0 Å². The molecule has 0 aliphatic heterocycles. The van der Waals surface area contributed by atoms with E-state index in [-0.39, 0.29) is 11.5 Å². The molecule has 0 bridgehead atoms. The Morgan fingerprint density at radius 2 is 1.86 bits per heavy atom. The molecule has 0 aliphatic rings. The second-order valence-electron chi connectivity index (χ2n) is 4.64. The molecule has 2 aromatic carbocycles. The molecule has 22 heavy (non-hydrogen) atoms. The highest BCUT2D eigenvalue weighted by Crippen LogP contribution is 2.16. The summed E-state index contributed by atoms with van der Waals surface area (Å²) in [6.45, 7) is 0. The van der Waals surface area contributed by atoms with Crippen LogP contribution in [-0.2, 0) is 5.75 Å². The van der Waals surface area contributed by atoms with Crippen LogP contribution in [0.15, 0.2) is 42.5 Å². The monoisotopic (exact) mass is 318 g/mol. The molecule has 2 rings (SSSR count). The summed E-state index contributed by atoms with van der Waals surface area (Å²) in [6.07, 6.45) is 2.01. The molecule has 2 aromatic rings. The van der Waals surface area contributed by atoms with Crippen molar-refractivity contribution in [3.05, 3.63) is 65.0 Å².